The molecule has 0 saturated heterocycles. The maximum atomic E-state index is 12.6. The van der Waals surface area contributed by atoms with Crippen molar-refractivity contribution in [1.29, 1.82) is 0 Å². The third-order valence-corrected chi connectivity index (χ3v) is 4.58. The van der Waals surface area contributed by atoms with Gasteiger partial charge in [0.2, 0.25) is 0 Å². The fourth-order valence-corrected chi connectivity index (χ4v) is 2.93. The monoisotopic (exact) mass is 300 g/mol. The molecule has 2 aliphatic rings. The van der Waals surface area contributed by atoms with Crippen LogP contribution in [0.4, 0.5) is 0 Å². The van der Waals surface area contributed by atoms with E-state index in [4.69, 9.17) is 8.94 Å². The number of carbonyl (C=O) groups is 1. The molecule has 2 aliphatic carbocycles. The van der Waals surface area contributed by atoms with Gasteiger partial charge in [0.05, 0.1) is 6.54 Å². The minimum absolute atomic E-state index is 0.0721. The van der Waals surface area contributed by atoms with Crippen LogP contribution in [0.2, 0.25) is 0 Å². The van der Waals surface area contributed by atoms with Gasteiger partial charge in [-0.3, -0.25) is 4.79 Å². The smallest absolute Gasteiger partial charge is 0.276 e. The SMILES string of the molecule is Cc1cc(C(=O)N(Cc2ccc(C3CC3C)o2)C2CC2)no1. The van der Waals surface area contributed by atoms with Crippen molar-refractivity contribution < 1.29 is 13.7 Å². The van der Waals surface area contributed by atoms with E-state index in [1.807, 2.05) is 11.0 Å². The molecule has 2 unspecified atom stereocenters. The quantitative estimate of drug-likeness (QED) is 0.848. The average Bonchev–Trinajstić information content (AvgIpc) is 3.37. The molecule has 5 nitrogen and oxygen atoms in total. The summed E-state index contributed by atoms with van der Waals surface area (Å²) < 4.78 is 11.0. The van der Waals surface area contributed by atoms with Gasteiger partial charge in [0.25, 0.3) is 5.91 Å². The van der Waals surface area contributed by atoms with Crippen molar-refractivity contribution in [1.82, 2.24) is 10.1 Å². The molecule has 5 heteroatoms. The van der Waals surface area contributed by atoms with Crippen LogP contribution in [-0.2, 0) is 6.54 Å². The third-order valence-electron chi connectivity index (χ3n) is 4.58. The van der Waals surface area contributed by atoms with Gasteiger partial charge in [0.15, 0.2) is 5.69 Å². The maximum absolute atomic E-state index is 12.6. The van der Waals surface area contributed by atoms with Crippen molar-refractivity contribution in [3.05, 3.63) is 41.2 Å². The second-order valence-electron chi connectivity index (χ2n) is 6.61. The second kappa shape index (κ2) is 5.00. The predicted molar refractivity (Wildman–Crippen MR) is 79.4 cm³/mol. The molecule has 0 aliphatic heterocycles. The highest BCUT2D eigenvalue weighted by atomic mass is 16.5. The second-order valence-corrected chi connectivity index (χ2v) is 6.61. The van der Waals surface area contributed by atoms with Gasteiger partial charge in [-0.1, -0.05) is 12.1 Å². The van der Waals surface area contributed by atoms with Crippen LogP contribution in [0.25, 0.3) is 0 Å². The Morgan fingerprint density at radius 2 is 2.18 bits per heavy atom. The molecular formula is C17H20N2O3. The first-order valence-corrected chi connectivity index (χ1v) is 7.94. The van der Waals surface area contributed by atoms with Gasteiger partial charge in [-0.05, 0) is 44.2 Å². The molecule has 2 aromatic rings. The summed E-state index contributed by atoms with van der Waals surface area (Å²) in [5.74, 6) is 3.78. The molecule has 22 heavy (non-hydrogen) atoms. The van der Waals surface area contributed by atoms with Crippen LogP contribution in [-0.4, -0.2) is 22.0 Å². The summed E-state index contributed by atoms with van der Waals surface area (Å²) >= 11 is 0. The van der Waals surface area contributed by atoms with E-state index < -0.39 is 0 Å². The number of aryl methyl sites for hydroxylation is 1. The highest BCUT2D eigenvalue weighted by Gasteiger charge is 2.38. The van der Waals surface area contributed by atoms with Crippen molar-refractivity contribution in [2.75, 3.05) is 0 Å². The standard InChI is InChI=1S/C17H20N2O3/c1-10-7-14(10)16-6-5-13(21-16)9-19(12-3-4-12)17(20)15-8-11(2)22-18-15/h5-6,8,10,12,14H,3-4,7,9H2,1-2H3. The van der Waals surface area contributed by atoms with Crippen molar-refractivity contribution in [2.45, 2.75) is 51.6 Å². The number of nitrogens with zero attached hydrogens (tertiary/aromatic N) is 2. The molecule has 0 bridgehead atoms. The Morgan fingerprint density at radius 1 is 1.41 bits per heavy atom. The zero-order valence-corrected chi connectivity index (χ0v) is 12.9. The summed E-state index contributed by atoms with van der Waals surface area (Å²) in [4.78, 5) is 14.5. The summed E-state index contributed by atoms with van der Waals surface area (Å²) in [6.07, 6.45) is 3.31. The van der Waals surface area contributed by atoms with Gasteiger partial charge in [-0.15, -0.1) is 0 Å². The lowest BCUT2D eigenvalue weighted by atomic mass is 10.2. The Balaban J connectivity index is 1.50. The van der Waals surface area contributed by atoms with Gasteiger partial charge in [-0.2, -0.15) is 0 Å². The van der Waals surface area contributed by atoms with Gasteiger partial charge in [0, 0.05) is 18.0 Å². The van der Waals surface area contributed by atoms with E-state index in [-0.39, 0.29) is 5.91 Å². The molecule has 0 radical (unpaired) electrons. The first-order chi connectivity index (χ1) is 10.6. The Hall–Kier alpha value is -2.04. The molecule has 1 amide bonds. The van der Waals surface area contributed by atoms with Crippen molar-refractivity contribution in [3.8, 4) is 0 Å². The molecule has 2 heterocycles. The largest absolute Gasteiger partial charge is 0.464 e. The van der Waals surface area contributed by atoms with Crippen LogP contribution in [0.1, 0.15) is 59.9 Å². The highest BCUT2D eigenvalue weighted by molar-refractivity contribution is 5.92. The Kier molecular flexibility index (Phi) is 3.10. The van der Waals surface area contributed by atoms with Crippen LogP contribution in [0.5, 0.6) is 0 Å². The number of rotatable bonds is 5. The molecule has 2 atom stereocenters. The van der Waals surface area contributed by atoms with E-state index in [9.17, 15) is 4.79 Å². The molecule has 0 N–H and O–H groups in total. The number of amides is 1. The van der Waals surface area contributed by atoms with E-state index in [2.05, 4.69) is 18.1 Å². The summed E-state index contributed by atoms with van der Waals surface area (Å²) in [6.45, 7) is 4.54. The molecular weight excluding hydrogens is 280 g/mol. The van der Waals surface area contributed by atoms with E-state index >= 15 is 0 Å². The summed E-state index contributed by atoms with van der Waals surface area (Å²) in [5, 5.41) is 3.84. The van der Waals surface area contributed by atoms with Gasteiger partial charge >= 0.3 is 0 Å². The van der Waals surface area contributed by atoms with Gasteiger partial charge in [0.1, 0.15) is 17.3 Å². The lowest BCUT2D eigenvalue weighted by Crippen LogP contribution is -2.32. The fraction of sp³-hybridized carbons (Fsp3) is 0.529. The maximum Gasteiger partial charge on any atom is 0.276 e. The topological polar surface area (TPSA) is 59.5 Å². The Morgan fingerprint density at radius 3 is 2.77 bits per heavy atom. The molecule has 0 aromatic carbocycles. The van der Waals surface area contributed by atoms with Crippen molar-refractivity contribution in [3.63, 3.8) is 0 Å². The summed E-state index contributed by atoms with van der Waals surface area (Å²) in [7, 11) is 0. The van der Waals surface area contributed by atoms with Crippen LogP contribution in [0, 0.1) is 12.8 Å². The molecule has 4 rings (SSSR count). The van der Waals surface area contributed by atoms with Crippen LogP contribution in [0.15, 0.2) is 27.1 Å². The summed E-state index contributed by atoms with van der Waals surface area (Å²) in [6, 6.07) is 6.05. The highest BCUT2D eigenvalue weighted by Crippen LogP contribution is 2.47. The fourth-order valence-electron chi connectivity index (χ4n) is 2.93. The molecule has 2 fully saturated rings. The van der Waals surface area contributed by atoms with Gasteiger partial charge in [-0.25, -0.2) is 0 Å². The average molecular weight is 300 g/mol. The third kappa shape index (κ3) is 2.56. The molecule has 0 spiro atoms. The normalized spacial score (nSPS) is 23.5. The molecule has 116 valence electrons. The minimum atomic E-state index is -0.0721. The Labute approximate surface area is 129 Å². The lowest BCUT2D eigenvalue weighted by molar-refractivity contribution is 0.0706. The predicted octanol–water partition coefficient (Wildman–Crippen LogP) is 3.50. The van der Waals surface area contributed by atoms with Crippen LogP contribution >= 0.6 is 0 Å². The van der Waals surface area contributed by atoms with E-state index in [1.54, 1.807) is 13.0 Å². The summed E-state index contributed by atoms with van der Waals surface area (Å²) in [5.41, 5.74) is 0.381. The van der Waals surface area contributed by atoms with Crippen molar-refractivity contribution >= 4 is 5.91 Å². The van der Waals surface area contributed by atoms with Gasteiger partial charge < -0.3 is 13.8 Å². The van der Waals surface area contributed by atoms with Crippen LogP contribution < -0.4 is 0 Å². The first kappa shape index (κ1) is 13.6. The number of hydrogen-bond donors (Lipinski definition) is 0. The molecule has 2 aromatic heterocycles. The number of hydrogen-bond acceptors (Lipinski definition) is 4. The zero-order valence-electron chi connectivity index (χ0n) is 12.9. The van der Waals surface area contributed by atoms with E-state index in [0.717, 1.165) is 30.3 Å². The number of aromatic nitrogens is 1. The van der Waals surface area contributed by atoms with E-state index in [0.29, 0.717) is 30.0 Å². The lowest BCUT2D eigenvalue weighted by Gasteiger charge is -2.19. The number of furan rings is 1. The zero-order chi connectivity index (χ0) is 15.3. The van der Waals surface area contributed by atoms with E-state index in [1.165, 1.54) is 6.42 Å². The van der Waals surface area contributed by atoms with Crippen LogP contribution in [0.3, 0.4) is 0 Å². The molecule has 2 saturated carbocycles. The minimum Gasteiger partial charge on any atom is -0.464 e. The van der Waals surface area contributed by atoms with Crippen molar-refractivity contribution in [2.24, 2.45) is 5.92 Å². The first-order valence-electron chi connectivity index (χ1n) is 7.94. The Bertz CT molecular complexity index is 698. The number of carbonyl (C=O) groups excluding carboxylic acids is 1.